The van der Waals surface area contributed by atoms with Crippen molar-refractivity contribution in [2.45, 2.75) is 12.4 Å². The first-order valence-electron chi connectivity index (χ1n) is 4.67. The van der Waals surface area contributed by atoms with Gasteiger partial charge in [0.25, 0.3) is 0 Å². The smallest absolute Gasteiger partial charge is 0.496 e. The van der Waals surface area contributed by atoms with Gasteiger partial charge in [-0.05, 0) is 12.1 Å². The Morgan fingerprint density at radius 3 is 2.53 bits per heavy atom. The Labute approximate surface area is 95.7 Å². The van der Waals surface area contributed by atoms with Gasteiger partial charge in [-0.1, -0.05) is 0 Å². The fourth-order valence-corrected chi connectivity index (χ4v) is 1.29. The van der Waals surface area contributed by atoms with Crippen LogP contribution in [0, 0.1) is 0 Å². The third kappa shape index (κ3) is 3.79. The number of aliphatic hydroxyl groups is 1. The van der Waals surface area contributed by atoms with E-state index in [1.165, 1.54) is 13.2 Å². The average molecular weight is 251 g/mol. The fourth-order valence-electron chi connectivity index (χ4n) is 1.29. The first kappa shape index (κ1) is 13.6. The van der Waals surface area contributed by atoms with E-state index in [2.05, 4.69) is 4.74 Å². The van der Waals surface area contributed by atoms with E-state index in [1.54, 1.807) is 0 Å². The van der Waals surface area contributed by atoms with E-state index in [1.807, 2.05) is 0 Å². The molecule has 7 heteroatoms. The minimum absolute atomic E-state index is 0.133. The molecule has 0 aliphatic heterocycles. The highest BCUT2D eigenvalue weighted by molar-refractivity contribution is 5.42. The van der Waals surface area contributed by atoms with E-state index in [4.69, 9.17) is 15.6 Å². The molecule has 0 fully saturated rings. The maximum atomic E-state index is 12.0. The Morgan fingerprint density at radius 2 is 2.06 bits per heavy atom. The van der Waals surface area contributed by atoms with Gasteiger partial charge in [0.15, 0.2) is 0 Å². The van der Waals surface area contributed by atoms with E-state index in [9.17, 15) is 13.2 Å². The highest BCUT2D eigenvalue weighted by Crippen LogP contribution is 2.31. The van der Waals surface area contributed by atoms with Gasteiger partial charge in [-0.2, -0.15) is 0 Å². The van der Waals surface area contributed by atoms with Crippen LogP contribution in [0.3, 0.4) is 0 Å². The van der Waals surface area contributed by atoms with Gasteiger partial charge in [0.05, 0.1) is 19.8 Å². The molecule has 1 atom stereocenters. The SMILES string of the molecule is COc1cc(OC(F)(F)F)ccc1[C@@H](N)CO. The van der Waals surface area contributed by atoms with Gasteiger partial charge >= 0.3 is 6.36 Å². The fraction of sp³-hybridized carbons (Fsp3) is 0.400. The molecule has 3 N–H and O–H groups in total. The van der Waals surface area contributed by atoms with Gasteiger partial charge in [0, 0.05) is 11.6 Å². The summed E-state index contributed by atoms with van der Waals surface area (Å²) in [5, 5.41) is 8.87. The molecule has 4 nitrogen and oxygen atoms in total. The minimum Gasteiger partial charge on any atom is -0.496 e. The summed E-state index contributed by atoms with van der Waals surface area (Å²) < 4.78 is 44.5. The van der Waals surface area contributed by atoms with E-state index >= 15 is 0 Å². The van der Waals surface area contributed by atoms with Gasteiger partial charge in [-0.15, -0.1) is 13.2 Å². The monoisotopic (exact) mass is 251 g/mol. The molecule has 0 saturated carbocycles. The number of hydrogen-bond donors (Lipinski definition) is 2. The zero-order valence-electron chi connectivity index (χ0n) is 8.99. The molecule has 1 aromatic rings. The second kappa shape index (κ2) is 5.24. The standard InChI is InChI=1S/C10H12F3NO3/c1-16-9-4-6(17-10(11,12)13)2-3-7(9)8(14)5-15/h2-4,8,15H,5,14H2,1H3/t8-/m0/s1. The molecule has 0 heterocycles. The van der Waals surface area contributed by atoms with Crippen molar-refractivity contribution >= 4 is 0 Å². The molecule has 1 aromatic carbocycles. The van der Waals surface area contributed by atoms with Crippen molar-refractivity contribution in [2.75, 3.05) is 13.7 Å². The first-order valence-corrected chi connectivity index (χ1v) is 4.67. The van der Waals surface area contributed by atoms with Crippen molar-refractivity contribution < 1.29 is 27.8 Å². The van der Waals surface area contributed by atoms with Crippen LogP contribution in [0.4, 0.5) is 13.2 Å². The number of nitrogens with two attached hydrogens (primary N) is 1. The van der Waals surface area contributed by atoms with E-state index < -0.39 is 18.2 Å². The lowest BCUT2D eigenvalue weighted by molar-refractivity contribution is -0.274. The third-order valence-corrected chi connectivity index (χ3v) is 2.03. The molecular formula is C10H12F3NO3. The number of methoxy groups -OCH3 is 1. The summed E-state index contributed by atoms with van der Waals surface area (Å²) in [6.07, 6.45) is -4.76. The van der Waals surface area contributed by atoms with Gasteiger partial charge in [0.1, 0.15) is 11.5 Å². The van der Waals surface area contributed by atoms with E-state index in [-0.39, 0.29) is 12.4 Å². The number of halogens is 3. The van der Waals surface area contributed by atoms with Gasteiger partial charge in [-0.3, -0.25) is 0 Å². The van der Waals surface area contributed by atoms with Crippen molar-refractivity contribution in [3.63, 3.8) is 0 Å². The zero-order valence-corrected chi connectivity index (χ0v) is 8.99. The van der Waals surface area contributed by atoms with Crippen LogP contribution >= 0.6 is 0 Å². The van der Waals surface area contributed by atoms with Crippen molar-refractivity contribution in [2.24, 2.45) is 5.73 Å². The number of alkyl halides is 3. The summed E-state index contributed by atoms with van der Waals surface area (Å²) >= 11 is 0. The van der Waals surface area contributed by atoms with Crippen LogP contribution in [-0.4, -0.2) is 25.2 Å². The quantitative estimate of drug-likeness (QED) is 0.852. The molecule has 17 heavy (non-hydrogen) atoms. The molecule has 1 rings (SSSR count). The Morgan fingerprint density at radius 1 is 1.41 bits per heavy atom. The Bertz CT molecular complexity index is 382. The van der Waals surface area contributed by atoms with Crippen LogP contribution in [0.15, 0.2) is 18.2 Å². The normalized spacial score (nSPS) is 13.3. The predicted octanol–water partition coefficient (Wildman–Crippen LogP) is 1.59. The van der Waals surface area contributed by atoms with Crippen LogP contribution in [0.25, 0.3) is 0 Å². The molecule has 0 amide bonds. The van der Waals surface area contributed by atoms with Gasteiger partial charge < -0.3 is 20.3 Å². The van der Waals surface area contributed by atoms with Crippen molar-refractivity contribution in [3.05, 3.63) is 23.8 Å². The van der Waals surface area contributed by atoms with Crippen LogP contribution in [0.2, 0.25) is 0 Å². The van der Waals surface area contributed by atoms with E-state index in [0.717, 1.165) is 12.1 Å². The summed E-state index contributed by atoms with van der Waals surface area (Å²) in [4.78, 5) is 0. The Balaban J connectivity index is 3.00. The molecule has 0 unspecified atom stereocenters. The molecule has 0 aliphatic rings. The summed E-state index contributed by atoms with van der Waals surface area (Å²) in [6, 6.07) is 2.78. The molecule has 0 bridgehead atoms. The Hall–Kier alpha value is -1.47. The highest BCUT2D eigenvalue weighted by atomic mass is 19.4. The van der Waals surface area contributed by atoms with Crippen LogP contribution in [-0.2, 0) is 0 Å². The van der Waals surface area contributed by atoms with Crippen molar-refractivity contribution in [1.82, 2.24) is 0 Å². The second-order valence-electron chi connectivity index (χ2n) is 3.24. The number of rotatable bonds is 4. The van der Waals surface area contributed by atoms with Crippen LogP contribution < -0.4 is 15.2 Å². The summed E-state index contributed by atoms with van der Waals surface area (Å²) in [5.41, 5.74) is 5.96. The van der Waals surface area contributed by atoms with Crippen molar-refractivity contribution in [3.8, 4) is 11.5 Å². The molecule has 0 radical (unpaired) electrons. The molecule has 0 saturated heterocycles. The topological polar surface area (TPSA) is 64.7 Å². The molecule has 0 spiro atoms. The largest absolute Gasteiger partial charge is 0.573 e. The van der Waals surface area contributed by atoms with Crippen molar-refractivity contribution in [1.29, 1.82) is 0 Å². The summed E-state index contributed by atoms with van der Waals surface area (Å²) in [6.45, 7) is -0.337. The van der Waals surface area contributed by atoms with Crippen LogP contribution in [0.5, 0.6) is 11.5 Å². The molecule has 96 valence electrons. The lowest BCUT2D eigenvalue weighted by atomic mass is 10.1. The molecule has 0 aromatic heterocycles. The highest BCUT2D eigenvalue weighted by Gasteiger charge is 2.31. The second-order valence-corrected chi connectivity index (χ2v) is 3.24. The lowest BCUT2D eigenvalue weighted by Gasteiger charge is -2.15. The number of benzene rings is 1. The number of ether oxygens (including phenoxy) is 2. The summed E-state index contributed by atoms with van der Waals surface area (Å²) in [5.74, 6) is -0.267. The molecular weight excluding hydrogens is 239 g/mol. The predicted molar refractivity (Wildman–Crippen MR) is 53.7 cm³/mol. The van der Waals surface area contributed by atoms with E-state index in [0.29, 0.717) is 5.56 Å². The first-order chi connectivity index (χ1) is 7.87. The summed E-state index contributed by atoms with van der Waals surface area (Å²) in [7, 11) is 1.29. The Kier molecular flexibility index (Phi) is 4.19. The maximum Gasteiger partial charge on any atom is 0.573 e. The number of aliphatic hydroxyl groups excluding tert-OH is 1. The lowest BCUT2D eigenvalue weighted by Crippen LogP contribution is -2.18. The number of hydrogen-bond acceptors (Lipinski definition) is 4. The van der Waals surface area contributed by atoms with Gasteiger partial charge in [0.2, 0.25) is 0 Å². The zero-order chi connectivity index (χ0) is 13.1. The minimum atomic E-state index is -4.76. The van der Waals surface area contributed by atoms with Crippen LogP contribution in [0.1, 0.15) is 11.6 Å². The average Bonchev–Trinajstić information content (AvgIpc) is 2.25. The third-order valence-electron chi connectivity index (χ3n) is 2.03. The molecule has 0 aliphatic carbocycles. The maximum absolute atomic E-state index is 12.0. The van der Waals surface area contributed by atoms with Gasteiger partial charge in [-0.25, -0.2) is 0 Å².